The van der Waals surface area contributed by atoms with Crippen LogP contribution >= 0.6 is 0 Å². The summed E-state index contributed by atoms with van der Waals surface area (Å²) in [7, 11) is 0. The molecule has 0 bridgehead atoms. The first-order valence-corrected chi connectivity index (χ1v) is 4.01. The highest BCUT2D eigenvalue weighted by Gasteiger charge is 2.33. The highest BCUT2D eigenvalue weighted by Crippen LogP contribution is 2.33. The number of anilines is 1. The number of hydrogen-bond donors (Lipinski definition) is 1. The molecule has 0 radical (unpaired) electrons. The van der Waals surface area contributed by atoms with Crippen LogP contribution in [0.25, 0.3) is 0 Å². The van der Waals surface area contributed by atoms with Crippen LogP contribution in [0.4, 0.5) is 27.6 Å². The fourth-order valence-corrected chi connectivity index (χ4v) is 1.01. The molecular formula is C8H7F5N2O. The summed E-state index contributed by atoms with van der Waals surface area (Å²) in [6.45, 7) is 1.12. The van der Waals surface area contributed by atoms with E-state index in [1.165, 1.54) is 0 Å². The zero-order valence-electron chi connectivity index (χ0n) is 7.98. The molecule has 0 aromatic carbocycles. The summed E-state index contributed by atoms with van der Waals surface area (Å²) in [5.74, 6) is -0.825. The highest BCUT2D eigenvalue weighted by molar-refractivity contribution is 5.56. The van der Waals surface area contributed by atoms with Crippen molar-refractivity contribution in [1.29, 1.82) is 0 Å². The van der Waals surface area contributed by atoms with Crippen molar-refractivity contribution in [2.24, 2.45) is 0 Å². The average Bonchev–Trinajstić information content (AvgIpc) is 2.10. The van der Waals surface area contributed by atoms with E-state index in [9.17, 15) is 22.0 Å². The first-order chi connectivity index (χ1) is 7.22. The largest absolute Gasteiger partial charge is 0.574 e. The van der Waals surface area contributed by atoms with Gasteiger partial charge in [-0.3, -0.25) is 0 Å². The second kappa shape index (κ2) is 4.11. The van der Waals surface area contributed by atoms with E-state index >= 15 is 0 Å². The van der Waals surface area contributed by atoms with Crippen LogP contribution in [0, 0.1) is 6.92 Å². The Hall–Kier alpha value is -1.60. The molecule has 2 N–H and O–H groups in total. The van der Waals surface area contributed by atoms with Crippen molar-refractivity contribution in [3.63, 3.8) is 0 Å². The predicted octanol–water partition coefficient (Wildman–Crippen LogP) is 2.81. The molecule has 3 nitrogen and oxygen atoms in total. The Labute approximate surface area is 87.0 Å². The van der Waals surface area contributed by atoms with Gasteiger partial charge in [-0.15, -0.1) is 13.2 Å². The van der Waals surface area contributed by atoms with Crippen LogP contribution in [0.1, 0.15) is 17.6 Å². The molecular weight excluding hydrogens is 235 g/mol. The summed E-state index contributed by atoms with van der Waals surface area (Å²) in [4.78, 5) is 3.14. The van der Waals surface area contributed by atoms with Gasteiger partial charge in [-0.05, 0) is 6.92 Å². The number of halogens is 5. The lowest BCUT2D eigenvalue weighted by atomic mass is 10.1. The lowest BCUT2D eigenvalue weighted by Crippen LogP contribution is -2.19. The third kappa shape index (κ3) is 2.71. The number of alkyl halides is 5. The standard InChI is InChI=1S/C8H7F5N2O/c1-3-5(14)4(6(9)10)2-15-7(3)16-8(11,12)13/h2,6H,1H3,(H2,14,15). The Kier molecular flexibility index (Phi) is 3.20. The number of hydrogen-bond acceptors (Lipinski definition) is 3. The van der Waals surface area contributed by atoms with Crippen molar-refractivity contribution in [2.45, 2.75) is 19.7 Å². The minimum absolute atomic E-state index is 0.268. The van der Waals surface area contributed by atoms with E-state index in [2.05, 4.69) is 9.72 Å². The van der Waals surface area contributed by atoms with Gasteiger partial charge in [0.2, 0.25) is 5.88 Å². The van der Waals surface area contributed by atoms with E-state index in [0.717, 1.165) is 6.92 Å². The number of nitrogens with zero attached hydrogens (tertiary/aromatic N) is 1. The Morgan fingerprint density at radius 1 is 1.38 bits per heavy atom. The molecule has 1 heterocycles. The van der Waals surface area contributed by atoms with Gasteiger partial charge in [0.25, 0.3) is 6.43 Å². The summed E-state index contributed by atoms with van der Waals surface area (Å²) in [5.41, 5.74) is 3.89. The zero-order chi connectivity index (χ0) is 12.5. The van der Waals surface area contributed by atoms with Gasteiger partial charge in [0.1, 0.15) is 0 Å². The van der Waals surface area contributed by atoms with Gasteiger partial charge < -0.3 is 10.5 Å². The van der Waals surface area contributed by atoms with Crippen LogP contribution in [-0.2, 0) is 0 Å². The molecule has 90 valence electrons. The Balaban J connectivity index is 3.12. The predicted molar refractivity (Wildman–Crippen MR) is 45.0 cm³/mol. The molecule has 0 amide bonds. The molecule has 0 aliphatic rings. The van der Waals surface area contributed by atoms with Crippen molar-refractivity contribution in [3.05, 3.63) is 17.3 Å². The van der Waals surface area contributed by atoms with Gasteiger partial charge in [0.15, 0.2) is 0 Å². The van der Waals surface area contributed by atoms with E-state index in [1.54, 1.807) is 0 Å². The maximum atomic E-state index is 12.3. The average molecular weight is 242 g/mol. The van der Waals surface area contributed by atoms with Crippen LogP contribution in [-0.4, -0.2) is 11.3 Å². The van der Waals surface area contributed by atoms with E-state index in [-0.39, 0.29) is 5.56 Å². The molecule has 0 atom stereocenters. The molecule has 16 heavy (non-hydrogen) atoms. The number of nitrogen functional groups attached to an aromatic ring is 1. The minimum atomic E-state index is -4.93. The van der Waals surface area contributed by atoms with Crippen molar-refractivity contribution >= 4 is 5.69 Å². The number of rotatable bonds is 2. The van der Waals surface area contributed by atoms with Crippen LogP contribution in [0.3, 0.4) is 0 Å². The van der Waals surface area contributed by atoms with Crippen LogP contribution in [0.5, 0.6) is 5.88 Å². The summed E-state index contributed by atoms with van der Waals surface area (Å²) in [6, 6.07) is 0. The first-order valence-electron chi connectivity index (χ1n) is 4.01. The lowest BCUT2D eigenvalue weighted by Gasteiger charge is -2.13. The monoisotopic (exact) mass is 242 g/mol. The van der Waals surface area contributed by atoms with Gasteiger partial charge in [-0.25, -0.2) is 13.8 Å². The normalized spacial score (nSPS) is 11.9. The summed E-state index contributed by atoms with van der Waals surface area (Å²) in [5, 5.41) is 0. The van der Waals surface area contributed by atoms with E-state index in [0.29, 0.717) is 6.20 Å². The fraction of sp³-hybridized carbons (Fsp3) is 0.375. The second-order valence-corrected chi connectivity index (χ2v) is 2.91. The molecule has 8 heteroatoms. The molecule has 0 saturated heterocycles. The third-order valence-corrected chi connectivity index (χ3v) is 1.80. The van der Waals surface area contributed by atoms with Crippen molar-refractivity contribution in [2.75, 3.05) is 5.73 Å². The third-order valence-electron chi connectivity index (χ3n) is 1.80. The fourth-order valence-electron chi connectivity index (χ4n) is 1.01. The van der Waals surface area contributed by atoms with Gasteiger partial charge in [-0.1, -0.05) is 0 Å². The molecule has 0 fully saturated rings. The molecule has 0 aliphatic carbocycles. The van der Waals surface area contributed by atoms with Gasteiger partial charge >= 0.3 is 6.36 Å². The van der Waals surface area contributed by atoms with Crippen LogP contribution < -0.4 is 10.5 Å². The maximum Gasteiger partial charge on any atom is 0.574 e. The quantitative estimate of drug-likeness (QED) is 0.811. The van der Waals surface area contributed by atoms with E-state index < -0.39 is 29.9 Å². The molecule has 0 saturated carbocycles. The Bertz CT molecular complexity index is 391. The number of aromatic nitrogens is 1. The first kappa shape index (κ1) is 12.5. The molecule has 0 unspecified atom stereocenters. The maximum absolute atomic E-state index is 12.3. The number of nitrogens with two attached hydrogens (primary N) is 1. The smallest absolute Gasteiger partial charge is 0.398 e. The van der Waals surface area contributed by atoms with Crippen molar-refractivity contribution < 1.29 is 26.7 Å². The molecule has 1 aromatic rings. The number of ether oxygens (including phenoxy) is 1. The summed E-state index contributed by atoms with van der Waals surface area (Å²) in [6.07, 6.45) is -7.27. The van der Waals surface area contributed by atoms with Gasteiger partial charge in [0, 0.05) is 11.8 Å². The van der Waals surface area contributed by atoms with E-state index in [4.69, 9.17) is 5.73 Å². The van der Waals surface area contributed by atoms with Gasteiger partial charge in [0.05, 0.1) is 11.3 Å². The molecule has 0 aliphatic heterocycles. The SMILES string of the molecule is Cc1c(OC(F)(F)F)ncc(C(F)F)c1N. The topological polar surface area (TPSA) is 48.1 Å². The summed E-state index contributed by atoms with van der Waals surface area (Å²) < 4.78 is 63.7. The lowest BCUT2D eigenvalue weighted by molar-refractivity contribution is -0.276. The van der Waals surface area contributed by atoms with Crippen LogP contribution in [0.15, 0.2) is 6.20 Å². The van der Waals surface area contributed by atoms with Crippen molar-refractivity contribution in [1.82, 2.24) is 4.98 Å². The number of pyridine rings is 1. The zero-order valence-corrected chi connectivity index (χ0v) is 7.98. The van der Waals surface area contributed by atoms with E-state index in [1.807, 2.05) is 0 Å². The van der Waals surface area contributed by atoms with Crippen molar-refractivity contribution in [3.8, 4) is 5.88 Å². The van der Waals surface area contributed by atoms with Gasteiger partial charge in [-0.2, -0.15) is 0 Å². The van der Waals surface area contributed by atoms with Crippen LogP contribution in [0.2, 0.25) is 0 Å². The highest BCUT2D eigenvalue weighted by atomic mass is 19.4. The molecule has 1 aromatic heterocycles. The minimum Gasteiger partial charge on any atom is -0.398 e. The second-order valence-electron chi connectivity index (χ2n) is 2.91. The Morgan fingerprint density at radius 2 is 1.94 bits per heavy atom. The molecule has 0 spiro atoms. The Morgan fingerprint density at radius 3 is 2.38 bits per heavy atom. The molecule has 1 rings (SSSR count). The summed E-state index contributed by atoms with van der Waals surface area (Å²) >= 11 is 0.